The normalized spacial score (nSPS) is 13.1. The molecule has 21 heavy (non-hydrogen) atoms. The third kappa shape index (κ3) is 3.26. The van der Waals surface area contributed by atoms with Gasteiger partial charge in [0.05, 0.1) is 6.54 Å². The molecule has 0 radical (unpaired) electrons. The van der Waals surface area contributed by atoms with E-state index in [0.717, 1.165) is 24.5 Å². The Labute approximate surface area is 134 Å². The fourth-order valence-electron chi connectivity index (χ4n) is 2.22. The highest BCUT2D eigenvalue weighted by Crippen LogP contribution is 2.18. The van der Waals surface area contributed by atoms with E-state index >= 15 is 0 Å². The quantitative estimate of drug-likeness (QED) is 0.881. The summed E-state index contributed by atoms with van der Waals surface area (Å²) >= 11 is 5.86. The monoisotopic (exact) mass is 320 g/mol. The Bertz CT molecular complexity index is 681. The Morgan fingerprint density at radius 3 is 2.48 bits per heavy atom. The lowest BCUT2D eigenvalue weighted by Crippen LogP contribution is -2.22. The van der Waals surface area contributed by atoms with Gasteiger partial charge in [0.1, 0.15) is 5.84 Å². The fourth-order valence-corrected chi connectivity index (χ4v) is 2.35. The Morgan fingerprint density at radius 2 is 1.81 bits per heavy atom. The van der Waals surface area contributed by atoms with Crippen molar-refractivity contribution in [3.05, 3.63) is 70.2 Å². The van der Waals surface area contributed by atoms with Crippen LogP contribution in [0.4, 0.5) is 0 Å². The van der Waals surface area contributed by atoms with Crippen molar-refractivity contribution in [2.24, 2.45) is 4.99 Å². The average molecular weight is 321 g/mol. The Hall–Kier alpha value is -1.84. The van der Waals surface area contributed by atoms with Crippen LogP contribution in [-0.2, 0) is 0 Å². The van der Waals surface area contributed by atoms with Crippen molar-refractivity contribution in [1.82, 2.24) is 5.32 Å². The fraction of sp³-hybridized carbons (Fsp3) is 0.125. The molecule has 0 aromatic heterocycles. The third-order valence-corrected chi connectivity index (χ3v) is 3.46. The van der Waals surface area contributed by atoms with Crippen LogP contribution >= 0.6 is 24.0 Å². The second-order valence-corrected chi connectivity index (χ2v) is 4.98. The van der Waals surface area contributed by atoms with E-state index in [9.17, 15) is 4.79 Å². The highest BCUT2D eigenvalue weighted by atomic mass is 35.5. The number of hydrogen-bond donors (Lipinski definition) is 1. The number of rotatable bonds is 3. The van der Waals surface area contributed by atoms with Crippen LogP contribution in [0.5, 0.6) is 0 Å². The molecule has 0 atom stereocenters. The molecular weight excluding hydrogens is 307 g/mol. The van der Waals surface area contributed by atoms with Crippen molar-refractivity contribution in [3.63, 3.8) is 0 Å². The van der Waals surface area contributed by atoms with E-state index in [4.69, 9.17) is 11.6 Å². The van der Waals surface area contributed by atoms with E-state index in [1.807, 2.05) is 24.3 Å². The number of ketones is 1. The number of amidine groups is 1. The van der Waals surface area contributed by atoms with Gasteiger partial charge in [-0.3, -0.25) is 9.79 Å². The maximum Gasteiger partial charge on any atom is 0.193 e. The van der Waals surface area contributed by atoms with Gasteiger partial charge in [-0.2, -0.15) is 0 Å². The summed E-state index contributed by atoms with van der Waals surface area (Å²) < 4.78 is 0. The molecule has 5 heteroatoms. The van der Waals surface area contributed by atoms with Crippen molar-refractivity contribution in [1.29, 1.82) is 0 Å². The minimum atomic E-state index is -0.0198. The molecule has 3 nitrogen and oxygen atoms in total. The van der Waals surface area contributed by atoms with E-state index in [0.29, 0.717) is 16.1 Å². The van der Waals surface area contributed by atoms with Gasteiger partial charge in [-0.05, 0) is 24.3 Å². The summed E-state index contributed by atoms with van der Waals surface area (Å²) in [5, 5.41) is 3.83. The Balaban J connectivity index is 0.00000161. The molecule has 1 heterocycles. The maximum absolute atomic E-state index is 12.6. The molecule has 1 aliphatic rings. The number of aliphatic imine (C=N–C) groups is 1. The van der Waals surface area contributed by atoms with Crippen molar-refractivity contribution >= 4 is 35.6 Å². The summed E-state index contributed by atoms with van der Waals surface area (Å²) in [5.41, 5.74) is 2.13. The minimum absolute atomic E-state index is 0. The number of carbonyl (C=O) groups is 1. The van der Waals surface area contributed by atoms with E-state index in [-0.39, 0.29) is 18.2 Å². The summed E-state index contributed by atoms with van der Waals surface area (Å²) in [7, 11) is 0. The summed E-state index contributed by atoms with van der Waals surface area (Å²) in [6, 6.07) is 14.5. The number of benzene rings is 2. The minimum Gasteiger partial charge on any atom is -0.368 e. The third-order valence-electron chi connectivity index (χ3n) is 3.21. The maximum atomic E-state index is 12.6. The molecule has 0 amide bonds. The van der Waals surface area contributed by atoms with Gasteiger partial charge < -0.3 is 5.32 Å². The highest BCUT2D eigenvalue weighted by molar-refractivity contribution is 6.30. The summed E-state index contributed by atoms with van der Waals surface area (Å²) in [4.78, 5) is 17.0. The highest BCUT2D eigenvalue weighted by Gasteiger charge is 2.18. The van der Waals surface area contributed by atoms with Gasteiger partial charge in [0, 0.05) is 28.3 Å². The SMILES string of the molecule is Cl.O=C(c1ccc(Cl)cc1)c1ccccc1C1=NCCN1. The molecule has 0 spiro atoms. The predicted octanol–water partition coefficient (Wildman–Crippen LogP) is 3.34. The van der Waals surface area contributed by atoms with Gasteiger partial charge in [0.15, 0.2) is 5.78 Å². The lowest BCUT2D eigenvalue weighted by Gasteiger charge is -2.09. The Morgan fingerprint density at radius 1 is 1.10 bits per heavy atom. The van der Waals surface area contributed by atoms with E-state index in [2.05, 4.69) is 10.3 Å². The number of nitrogens with zero attached hydrogens (tertiary/aromatic N) is 1. The summed E-state index contributed by atoms with van der Waals surface area (Å²) in [6.07, 6.45) is 0. The Kier molecular flexibility index (Phi) is 4.99. The smallest absolute Gasteiger partial charge is 0.193 e. The second kappa shape index (κ2) is 6.74. The molecule has 0 aliphatic carbocycles. The molecule has 108 valence electrons. The topological polar surface area (TPSA) is 41.5 Å². The number of halogens is 2. The van der Waals surface area contributed by atoms with Crippen LogP contribution in [0, 0.1) is 0 Å². The van der Waals surface area contributed by atoms with Gasteiger partial charge in [-0.15, -0.1) is 12.4 Å². The van der Waals surface area contributed by atoms with Crippen LogP contribution in [0.2, 0.25) is 5.02 Å². The van der Waals surface area contributed by atoms with Crippen LogP contribution in [0.3, 0.4) is 0 Å². The molecule has 3 rings (SSSR count). The van der Waals surface area contributed by atoms with E-state index < -0.39 is 0 Å². The van der Waals surface area contributed by atoms with Crippen molar-refractivity contribution < 1.29 is 4.79 Å². The van der Waals surface area contributed by atoms with Crippen molar-refractivity contribution in [2.75, 3.05) is 13.1 Å². The standard InChI is InChI=1S/C16H13ClN2O.ClH/c17-12-7-5-11(6-8-12)15(20)13-3-1-2-4-14(13)16-18-9-10-19-16;/h1-8H,9-10H2,(H,18,19);1H. The van der Waals surface area contributed by atoms with Crippen LogP contribution < -0.4 is 5.32 Å². The molecule has 1 aliphatic heterocycles. The van der Waals surface area contributed by atoms with Crippen LogP contribution in [0.25, 0.3) is 0 Å². The lowest BCUT2D eigenvalue weighted by atomic mass is 9.98. The van der Waals surface area contributed by atoms with Crippen LogP contribution in [-0.4, -0.2) is 24.7 Å². The number of carbonyl (C=O) groups excluding carboxylic acids is 1. The largest absolute Gasteiger partial charge is 0.368 e. The first kappa shape index (κ1) is 15.5. The van der Waals surface area contributed by atoms with Gasteiger partial charge >= 0.3 is 0 Å². The zero-order chi connectivity index (χ0) is 13.9. The van der Waals surface area contributed by atoms with Gasteiger partial charge in [0.25, 0.3) is 0 Å². The van der Waals surface area contributed by atoms with Crippen LogP contribution in [0.15, 0.2) is 53.5 Å². The van der Waals surface area contributed by atoms with Gasteiger partial charge in [-0.1, -0.05) is 35.9 Å². The zero-order valence-electron chi connectivity index (χ0n) is 11.2. The summed E-state index contributed by atoms with van der Waals surface area (Å²) in [6.45, 7) is 1.57. The molecular formula is C16H14Cl2N2O. The molecule has 2 aromatic rings. The molecule has 0 bridgehead atoms. The molecule has 0 saturated heterocycles. The first-order valence-electron chi connectivity index (χ1n) is 6.44. The van der Waals surface area contributed by atoms with Gasteiger partial charge in [-0.25, -0.2) is 0 Å². The van der Waals surface area contributed by atoms with E-state index in [1.165, 1.54) is 0 Å². The van der Waals surface area contributed by atoms with E-state index in [1.54, 1.807) is 24.3 Å². The van der Waals surface area contributed by atoms with Crippen molar-refractivity contribution in [3.8, 4) is 0 Å². The van der Waals surface area contributed by atoms with Crippen molar-refractivity contribution in [2.45, 2.75) is 0 Å². The predicted molar refractivity (Wildman–Crippen MR) is 88.0 cm³/mol. The van der Waals surface area contributed by atoms with Crippen LogP contribution in [0.1, 0.15) is 21.5 Å². The number of nitrogens with one attached hydrogen (secondary N) is 1. The first-order chi connectivity index (χ1) is 9.75. The van der Waals surface area contributed by atoms with Gasteiger partial charge in [0.2, 0.25) is 0 Å². The average Bonchev–Trinajstić information content (AvgIpc) is 3.01. The summed E-state index contributed by atoms with van der Waals surface area (Å²) in [5.74, 6) is 0.775. The second-order valence-electron chi connectivity index (χ2n) is 4.54. The number of hydrogen-bond acceptors (Lipinski definition) is 3. The molecule has 0 unspecified atom stereocenters. The molecule has 1 N–H and O–H groups in total. The first-order valence-corrected chi connectivity index (χ1v) is 6.81. The molecule has 2 aromatic carbocycles. The molecule has 0 fully saturated rings. The lowest BCUT2D eigenvalue weighted by molar-refractivity contribution is 0.103. The zero-order valence-corrected chi connectivity index (χ0v) is 12.7. The molecule has 0 saturated carbocycles.